The largest absolute Gasteiger partial charge is 0.378 e. The minimum Gasteiger partial charge on any atom is -0.378 e. The second-order valence-corrected chi connectivity index (χ2v) is 6.89. The molecule has 1 fully saturated rings. The van der Waals surface area contributed by atoms with Crippen LogP contribution in [0.4, 0.5) is 0 Å². The van der Waals surface area contributed by atoms with Crippen LogP contribution in [-0.4, -0.2) is 69.5 Å². The summed E-state index contributed by atoms with van der Waals surface area (Å²) in [4.78, 5) is 13.5. The van der Waals surface area contributed by atoms with E-state index in [0.29, 0.717) is 5.88 Å². The van der Waals surface area contributed by atoms with Crippen LogP contribution >= 0.6 is 24.2 Å². The number of rotatable bonds is 7. The van der Waals surface area contributed by atoms with Crippen LogP contribution in [0.1, 0.15) is 0 Å². The van der Waals surface area contributed by atoms with Gasteiger partial charge in [-0.25, -0.2) is 13.1 Å². The van der Waals surface area contributed by atoms with Gasteiger partial charge in [-0.2, -0.15) is 0 Å². The molecular formula is C9H20ClN3O4S2. The highest BCUT2D eigenvalue weighted by Crippen LogP contribution is 2.13. The SMILES string of the molecule is CS(=O)(=O)NCCOC[C@H](N)C(=O)N1CCSC1.Cl. The number of ether oxygens (including phenoxy) is 1. The summed E-state index contributed by atoms with van der Waals surface area (Å²) in [5.74, 6) is 1.51. The predicted molar refractivity (Wildman–Crippen MR) is 77.9 cm³/mol. The Morgan fingerprint density at radius 3 is 2.79 bits per heavy atom. The number of hydrogen-bond donors (Lipinski definition) is 2. The van der Waals surface area contributed by atoms with E-state index in [1.807, 2.05) is 0 Å². The Bertz CT molecular complexity index is 374. The first-order valence-corrected chi connectivity index (χ1v) is 8.59. The van der Waals surface area contributed by atoms with Gasteiger partial charge in [0.1, 0.15) is 6.04 Å². The van der Waals surface area contributed by atoms with E-state index >= 15 is 0 Å². The molecule has 1 aliphatic heterocycles. The smallest absolute Gasteiger partial charge is 0.242 e. The number of nitrogens with zero attached hydrogens (tertiary/aromatic N) is 1. The quantitative estimate of drug-likeness (QED) is 0.569. The molecule has 0 bridgehead atoms. The van der Waals surface area contributed by atoms with Crippen LogP contribution in [0, 0.1) is 0 Å². The lowest BCUT2D eigenvalue weighted by Crippen LogP contribution is -2.45. The van der Waals surface area contributed by atoms with E-state index < -0.39 is 16.1 Å². The summed E-state index contributed by atoms with van der Waals surface area (Å²) in [5.41, 5.74) is 5.70. The van der Waals surface area contributed by atoms with Gasteiger partial charge in [0.2, 0.25) is 15.9 Å². The van der Waals surface area contributed by atoms with Crippen molar-refractivity contribution in [2.45, 2.75) is 6.04 Å². The van der Waals surface area contributed by atoms with Crippen LogP contribution < -0.4 is 10.5 Å². The van der Waals surface area contributed by atoms with Gasteiger partial charge in [-0.15, -0.1) is 24.2 Å². The van der Waals surface area contributed by atoms with Crippen molar-refractivity contribution in [1.29, 1.82) is 0 Å². The molecule has 19 heavy (non-hydrogen) atoms. The van der Waals surface area contributed by atoms with Crippen LogP contribution in [-0.2, 0) is 19.6 Å². The molecule has 0 unspecified atom stereocenters. The van der Waals surface area contributed by atoms with Gasteiger partial charge in [0, 0.05) is 18.8 Å². The van der Waals surface area contributed by atoms with Crippen molar-refractivity contribution in [3.63, 3.8) is 0 Å². The molecule has 0 radical (unpaired) electrons. The Morgan fingerprint density at radius 2 is 2.26 bits per heavy atom. The number of nitrogens with two attached hydrogens (primary N) is 1. The van der Waals surface area contributed by atoms with Gasteiger partial charge in [0.05, 0.1) is 25.3 Å². The number of thioether (sulfide) groups is 1. The van der Waals surface area contributed by atoms with Gasteiger partial charge in [-0.1, -0.05) is 0 Å². The lowest BCUT2D eigenvalue weighted by atomic mass is 10.3. The molecule has 1 saturated heterocycles. The fourth-order valence-corrected chi connectivity index (χ4v) is 2.81. The zero-order chi connectivity index (χ0) is 13.6. The summed E-state index contributed by atoms with van der Waals surface area (Å²) >= 11 is 1.69. The van der Waals surface area contributed by atoms with Gasteiger partial charge in [-0.3, -0.25) is 4.79 Å². The molecule has 10 heteroatoms. The molecule has 3 N–H and O–H groups in total. The predicted octanol–water partition coefficient (Wildman–Crippen LogP) is -1.17. The third kappa shape index (κ3) is 7.95. The lowest BCUT2D eigenvalue weighted by Gasteiger charge is -2.19. The normalized spacial score (nSPS) is 17.1. The highest BCUT2D eigenvalue weighted by molar-refractivity contribution is 7.99. The van der Waals surface area contributed by atoms with Crippen molar-refractivity contribution in [3.8, 4) is 0 Å². The van der Waals surface area contributed by atoms with E-state index in [1.54, 1.807) is 16.7 Å². The molecule has 1 amide bonds. The summed E-state index contributed by atoms with van der Waals surface area (Å²) in [7, 11) is -3.19. The van der Waals surface area contributed by atoms with Crippen molar-refractivity contribution in [1.82, 2.24) is 9.62 Å². The fraction of sp³-hybridized carbons (Fsp3) is 0.889. The van der Waals surface area contributed by atoms with Gasteiger partial charge in [0.15, 0.2) is 0 Å². The molecule has 7 nitrogen and oxygen atoms in total. The molecule has 1 rings (SSSR count). The summed E-state index contributed by atoms with van der Waals surface area (Å²) in [5, 5.41) is 0. The first kappa shape index (κ1) is 18.9. The average Bonchev–Trinajstić information content (AvgIpc) is 2.79. The highest BCUT2D eigenvalue weighted by Gasteiger charge is 2.23. The van der Waals surface area contributed by atoms with Crippen LogP contribution in [0.15, 0.2) is 0 Å². The molecule has 0 saturated carbocycles. The van der Waals surface area contributed by atoms with Crippen LogP contribution in [0.25, 0.3) is 0 Å². The number of halogens is 1. The van der Waals surface area contributed by atoms with Crippen molar-refractivity contribution in [2.24, 2.45) is 5.73 Å². The number of sulfonamides is 1. The zero-order valence-corrected chi connectivity index (χ0v) is 13.2. The van der Waals surface area contributed by atoms with Gasteiger partial charge in [-0.05, 0) is 0 Å². The molecular weight excluding hydrogens is 314 g/mol. The summed E-state index contributed by atoms with van der Waals surface area (Å²) in [6.07, 6.45) is 1.08. The first-order chi connectivity index (χ1) is 8.40. The fourth-order valence-electron chi connectivity index (χ4n) is 1.40. The Hall–Kier alpha value is -0.0600. The van der Waals surface area contributed by atoms with Crippen LogP contribution in [0.3, 0.4) is 0 Å². The van der Waals surface area contributed by atoms with Gasteiger partial charge >= 0.3 is 0 Å². The number of hydrogen-bond acceptors (Lipinski definition) is 6. The Morgan fingerprint density at radius 1 is 1.58 bits per heavy atom. The maximum Gasteiger partial charge on any atom is 0.242 e. The Balaban J connectivity index is 0.00000324. The van der Waals surface area contributed by atoms with Gasteiger partial charge in [0.25, 0.3) is 0 Å². The zero-order valence-electron chi connectivity index (χ0n) is 10.7. The van der Waals surface area contributed by atoms with Crippen molar-refractivity contribution < 1.29 is 17.9 Å². The summed E-state index contributed by atoms with van der Waals surface area (Å²) < 4.78 is 29.0. The van der Waals surface area contributed by atoms with Gasteiger partial charge < -0.3 is 15.4 Å². The monoisotopic (exact) mass is 333 g/mol. The van der Waals surface area contributed by atoms with Crippen LogP contribution in [0.5, 0.6) is 0 Å². The summed E-state index contributed by atoms with van der Waals surface area (Å²) in [6, 6.07) is -0.679. The molecule has 1 aliphatic rings. The number of nitrogens with one attached hydrogen (secondary N) is 1. The molecule has 0 aliphatic carbocycles. The van der Waals surface area contributed by atoms with Crippen molar-refractivity contribution in [3.05, 3.63) is 0 Å². The van der Waals surface area contributed by atoms with E-state index in [9.17, 15) is 13.2 Å². The lowest BCUT2D eigenvalue weighted by molar-refractivity contribution is -0.132. The molecule has 0 spiro atoms. The topological polar surface area (TPSA) is 102 Å². The molecule has 0 aromatic carbocycles. The van der Waals surface area contributed by atoms with E-state index in [-0.39, 0.29) is 38.1 Å². The molecule has 114 valence electrons. The first-order valence-electron chi connectivity index (χ1n) is 5.54. The van der Waals surface area contributed by atoms with E-state index in [0.717, 1.165) is 18.6 Å². The van der Waals surface area contributed by atoms with E-state index in [4.69, 9.17) is 10.5 Å². The third-order valence-electron chi connectivity index (χ3n) is 2.29. The second kappa shape index (κ2) is 8.98. The van der Waals surface area contributed by atoms with E-state index in [2.05, 4.69) is 4.72 Å². The Kier molecular flexibility index (Phi) is 8.95. The number of carbonyl (C=O) groups is 1. The van der Waals surface area contributed by atoms with Crippen molar-refractivity contribution in [2.75, 3.05) is 44.2 Å². The second-order valence-electron chi connectivity index (χ2n) is 3.99. The molecule has 0 aromatic heterocycles. The molecule has 1 heterocycles. The van der Waals surface area contributed by atoms with Crippen molar-refractivity contribution >= 4 is 40.1 Å². The minimum absolute atomic E-state index is 0. The Labute approximate surface area is 124 Å². The highest BCUT2D eigenvalue weighted by atomic mass is 35.5. The summed E-state index contributed by atoms with van der Waals surface area (Å²) in [6.45, 7) is 1.21. The minimum atomic E-state index is -3.19. The average molecular weight is 334 g/mol. The molecule has 0 aromatic rings. The third-order valence-corrected chi connectivity index (χ3v) is 3.98. The number of amides is 1. The standard InChI is InChI=1S/C9H19N3O4S2.ClH/c1-18(14,15)11-2-4-16-6-8(10)9(13)12-3-5-17-7-12;/h8,11H,2-7,10H2,1H3;1H/t8-;/m0./s1. The molecule has 1 atom stereocenters. The maximum atomic E-state index is 11.8. The number of carbonyl (C=O) groups excluding carboxylic acids is 1. The maximum absolute atomic E-state index is 11.8. The van der Waals surface area contributed by atoms with E-state index in [1.165, 1.54) is 0 Å². The van der Waals surface area contributed by atoms with Crippen LogP contribution in [0.2, 0.25) is 0 Å².